The molecule has 0 fully saturated rings. The second kappa shape index (κ2) is 4.45. The highest BCUT2D eigenvalue weighted by Gasteiger charge is 2.14. The molecule has 19 heavy (non-hydrogen) atoms. The molecule has 0 atom stereocenters. The van der Waals surface area contributed by atoms with Crippen molar-refractivity contribution in [1.29, 1.82) is 0 Å². The Morgan fingerprint density at radius 3 is 2.74 bits per heavy atom. The lowest BCUT2D eigenvalue weighted by molar-refractivity contribution is 0.142. The fourth-order valence-corrected chi connectivity index (χ4v) is 2.09. The molecule has 94 valence electrons. The van der Waals surface area contributed by atoms with Gasteiger partial charge < -0.3 is 9.84 Å². The van der Waals surface area contributed by atoms with Crippen LogP contribution in [0.15, 0.2) is 48.7 Å². The van der Waals surface area contributed by atoms with E-state index in [4.69, 9.17) is 5.11 Å². The maximum Gasteiger partial charge on any atom is 0.512 e. The van der Waals surface area contributed by atoms with Gasteiger partial charge >= 0.3 is 6.16 Å². The van der Waals surface area contributed by atoms with Crippen molar-refractivity contribution in [2.24, 2.45) is 0 Å². The van der Waals surface area contributed by atoms with E-state index in [0.717, 1.165) is 16.3 Å². The molecule has 1 aromatic heterocycles. The second-order valence-electron chi connectivity index (χ2n) is 4.00. The summed E-state index contributed by atoms with van der Waals surface area (Å²) in [5.41, 5.74) is 1.50. The van der Waals surface area contributed by atoms with Gasteiger partial charge in [0.2, 0.25) is 0 Å². The van der Waals surface area contributed by atoms with Crippen LogP contribution in [0.4, 0.5) is 4.79 Å². The average molecular weight is 254 g/mol. The van der Waals surface area contributed by atoms with Crippen molar-refractivity contribution in [3.63, 3.8) is 0 Å². The Bertz CT molecular complexity index is 744. The lowest BCUT2D eigenvalue weighted by atomic mass is 10.0. The van der Waals surface area contributed by atoms with Crippen LogP contribution in [0, 0.1) is 0 Å². The Balaban J connectivity index is 2.20. The highest BCUT2D eigenvalue weighted by molar-refractivity contribution is 5.97. The number of carbonyl (C=O) groups is 1. The molecule has 0 aliphatic carbocycles. The fourth-order valence-electron chi connectivity index (χ4n) is 2.09. The molecule has 0 saturated carbocycles. The summed E-state index contributed by atoms with van der Waals surface area (Å²) in [5, 5.41) is 17.2. The molecule has 0 spiro atoms. The van der Waals surface area contributed by atoms with E-state index in [9.17, 15) is 4.79 Å². The van der Waals surface area contributed by atoms with E-state index in [2.05, 4.69) is 14.9 Å². The van der Waals surface area contributed by atoms with Gasteiger partial charge in [0, 0.05) is 6.20 Å². The summed E-state index contributed by atoms with van der Waals surface area (Å²) in [7, 11) is 0. The fraction of sp³-hybridized carbons (Fsp3) is 0. The van der Waals surface area contributed by atoms with Gasteiger partial charge in [-0.1, -0.05) is 42.5 Å². The monoisotopic (exact) mass is 254 g/mol. The van der Waals surface area contributed by atoms with E-state index in [1.807, 2.05) is 42.5 Å². The number of carboxylic acid groups (broad SMARTS) is 1. The molecule has 3 rings (SSSR count). The summed E-state index contributed by atoms with van der Waals surface area (Å²) in [6, 6.07) is 13.7. The van der Waals surface area contributed by atoms with Crippen LogP contribution >= 0.6 is 0 Å². The number of hydrogen-bond donors (Lipinski definition) is 2. The largest absolute Gasteiger partial charge is 0.512 e. The van der Waals surface area contributed by atoms with Gasteiger partial charge in [0.05, 0.1) is 5.56 Å². The number of benzene rings is 2. The van der Waals surface area contributed by atoms with Crippen LogP contribution in [-0.2, 0) is 0 Å². The van der Waals surface area contributed by atoms with Gasteiger partial charge in [-0.3, -0.25) is 5.10 Å². The molecule has 0 radical (unpaired) electrons. The number of rotatable bonds is 2. The number of aromatic amines is 1. The summed E-state index contributed by atoms with van der Waals surface area (Å²) in [6.45, 7) is 0. The summed E-state index contributed by atoms with van der Waals surface area (Å²) in [5.74, 6) is 0.0591. The molecule has 3 aromatic rings. The van der Waals surface area contributed by atoms with E-state index >= 15 is 0 Å². The molecule has 1 heterocycles. The number of nitrogens with zero attached hydrogens (tertiary/aromatic N) is 1. The van der Waals surface area contributed by atoms with Gasteiger partial charge in [0.15, 0.2) is 0 Å². The zero-order chi connectivity index (χ0) is 13.2. The lowest BCUT2D eigenvalue weighted by Gasteiger charge is -2.05. The van der Waals surface area contributed by atoms with Crippen LogP contribution in [0.1, 0.15) is 0 Å². The van der Waals surface area contributed by atoms with E-state index in [1.165, 1.54) is 0 Å². The highest BCUT2D eigenvalue weighted by Crippen LogP contribution is 2.33. The van der Waals surface area contributed by atoms with Crippen molar-refractivity contribution in [3.05, 3.63) is 48.7 Å². The Kier molecular flexibility index (Phi) is 2.64. The van der Waals surface area contributed by atoms with Crippen LogP contribution in [-0.4, -0.2) is 21.5 Å². The number of ether oxygens (including phenoxy) is 1. The van der Waals surface area contributed by atoms with Gasteiger partial charge in [0.25, 0.3) is 5.88 Å². The van der Waals surface area contributed by atoms with E-state index in [1.54, 1.807) is 6.20 Å². The third-order valence-corrected chi connectivity index (χ3v) is 2.87. The molecular weight excluding hydrogens is 244 g/mol. The molecule has 2 aromatic carbocycles. The average Bonchev–Trinajstić information content (AvgIpc) is 2.85. The van der Waals surface area contributed by atoms with Crippen molar-refractivity contribution in [2.45, 2.75) is 0 Å². The molecule has 0 unspecified atom stereocenters. The molecular formula is C14H10N2O3. The maximum atomic E-state index is 10.6. The predicted molar refractivity (Wildman–Crippen MR) is 70.2 cm³/mol. The third-order valence-electron chi connectivity index (χ3n) is 2.87. The minimum atomic E-state index is -1.38. The Hall–Kier alpha value is -2.82. The topological polar surface area (TPSA) is 75.2 Å². The van der Waals surface area contributed by atoms with Gasteiger partial charge in [-0.25, -0.2) is 4.79 Å². The zero-order valence-corrected chi connectivity index (χ0v) is 9.83. The smallest absolute Gasteiger partial charge is 0.449 e. The first-order chi connectivity index (χ1) is 9.25. The molecule has 5 nitrogen and oxygen atoms in total. The first-order valence-electron chi connectivity index (χ1n) is 5.68. The third kappa shape index (κ3) is 2.01. The van der Waals surface area contributed by atoms with Crippen LogP contribution in [0.3, 0.4) is 0 Å². The van der Waals surface area contributed by atoms with E-state index in [-0.39, 0.29) is 5.88 Å². The van der Waals surface area contributed by atoms with Gasteiger partial charge in [-0.2, -0.15) is 0 Å². The molecule has 0 amide bonds. The van der Waals surface area contributed by atoms with Crippen molar-refractivity contribution in [1.82, 2.24) is 10.2 Å². The Morgan fingerprint density at radius 1 is 1.11 bits per heavy atom. The highest BCUT2D eigenvalue weighted by atomic mass is 16.7. The van der Waals surface area contributed by atoms with E-state index in [0.29, 0.717) is 5.56 Å². The SMILES string of the molecule is O=C(O)Oc1n[nH]cc1-c1cccc2ccccc12. The van der Waals surface area contributed by atoms with Crippen LogP contribution < -0.4 is 4.74 Å². The van der Waals surface area contributed by atoms with E-state index < -0.39 is 6.16 Å². The lowest BCUT2D eigenvalue weighted by Crippen LogP contribution is -2.04. The number of aromatic nitrogens is 2. The Morgan fingerprint density at radius 2 is 1.89 bits per heavy atom. The van der Waals surface area contributed by atoms with Gasteiger partial charge in [-0.05, 0) is 16.3 Å². The standard InChI is InChI=1S/C14H10N2O3/c17-14(18)19-13-12(8-15-16-13)11-7-3-5-9-4-1-2-6-10(9)11/h1-8H,(H,15,16)(H,17,18). The predicted octanol–water partition coefficient (Wildman–Crippen LogP) is 3.29. The summed E-state index contributed by atoms with van der Waals surface area (Å²) < 4.78 is 4.66. The Labute approximate surface area is 108 Å². The number of nitrogens with one attached hydrogen (secondary N) is 1. The van der Waals surface area contributed by atoms with Crippen LogP contribution in [0.2, 0.25) is 0 Å². The van der Waals surface area contributed by atoms with Crippen LogP contribution in [0.25, 0.3) is 21.9 Å². The summed E-state index contributed by atoms with van der Waals surface area (Å²) in [4.78, 5) is 10.6. The summed E-state index contributed by atoms with van der Waals surface area (Å²) in [6.07, 6.45) is 0.244. The molecule has 2 N–H and O–H groups in total. The van der Waals surface area contributed by atoms with Crippen molar-refractivity contribution in [2.75, 3.05) is 0 Å². The molecule has 5 heteroatoms. The minimum absolute atomic E-state index is 0.0591. The number of H-pyrrole nitrogens is 1. The van der Waals surface area contributed by atoms with Gasteiger partial charge in [0.1, 0.15) is 0 Å². The van der Waals surface area contributed by atoms with Crippen molar-refractivity contribution in [3.8, 4) is 17.0 Å². The second-order valence-corrected chi connectivity index (χ2v) is 4.00. The minimum Gasteiger partial charge on any atom is -0.449 e. The first-order valence-corrected chi connectivity index (χ1v) is 5.68. The summed E-state index contributed by atoms with van der Waals surface area (Å²) >= 11 is 0. The van der Waals surface area contributed by atoms with Crippen molar-refractivity contribution < 1.29 is 14.6 Å². The molecule has 0 bridgehead atoms. The maximum absolute atomic E-state index is 10.6. The zero-order valence-electron chi connectivity index (χ0n) is 9.83. The van der Waals surface area contributed by atoms with Crippen molar-refractivity contribution >= 4 is 16.9 Å². The number of fused-ring (bicyclic) bond motifs is 1. The molecule has 0 saturated heterocycles. The van der Waals surface area contributed by atoms with Gasteiger partial charge in [-0.15, -0.1) is 5.10 Å². The normalized spacial score (nSPS) is 10.5. The molecule has 0 aliphatic rings. The number of hydrogen-bond acceptors (Lipinski definition) is 3. The van der Waals surface area contributed by atoms with Crippen LogP contribution in [0.5, 0.6) is 5.88 Å². The first kappa shape index (κ1) is 11.3. The molecule has 0 aliphatic heterocycles. The quantitative estimate of drug-likeness (QED) is 0.688.